The van der Waals surface area contributed by atoms with Crippen molar-refractivity contribution in [3.63, 3.8) is 0 Å². The van der Waals surface area contributed by atoms with Gasteiger partial charge in [-0.2, -0.15) is 0 Å². The van der Waals surface area contributed by atoms with Crippen LogP contribution in [0.15, 0.2) is 27.9 Å². The molecule has 0 aliphatic heterocycles. The molecule has 20 heavy (non-hydrogen) atoms. The highest BCUT2D eigenvalue weighted by atomic mass is 35.5. The summed E-state index contributed by atoms with van der Waals surface area (Å²) in [7, 11) is 0. The van der Waals surface area contributed by atoms with Crippen LogP contribution in [0.2, 0.25) is 10.0 Å². The maximum Gasteiger partial charge on any atom is 0.150 e. The third-order valence-corrected chi connectivity index (χ3v) is 6.71. The molecule has 7 heteroatoms. The lowest BCUT2D eigenvalue weighted by Crippen LogP contribution is -1.92. The Morgan fingerprint density at radius 1 is 1.35 bits per heavy atom. The zero-order valence-corrected chi connectivity index (χ0v) is 14.7. The zero-order valence-electron chi connectivity index (χ0n) is 10.1. The van der Waals surface area contributed by atoms with E-state index in [4.69, 9.17) is 46.4 Å². The highest BCUT2D eigenvalue weighted by Crippen LogP contribution is 2.55. The minimum absolute atomic E-state index is 0.363. The van der Waals surface area contributed by atoms with E-state index in [2.05, 4.69) is 4.98 Å². The van der Waals surface area contributed by atoms with Crippen molar-refractivity contribution in [2.45, 2.75) is 15.1 Å². The summed E-state index contributed by atoms with van der Waals surface area (Å²) in [6, 6.07) is 5.43. The number of alkyl halides is 2. The Bertz CT molecular complexity index is 641. The van der Waals surface area contributed by atoms with Crippen molar-refractivity contribution < 1.29 is 0 Å². The summed E-state index contributed by atoms with van der Waals surface area (Å²) in [5.74, 6) is 1.26. The van der Waals surface area contributed by atoms with E-state index < -0.39 is 4.33 Å². The molecule has 1 nitrogen and oxygen atoms in total. The van der Waals surface area contributed by atoms with Gasteiger partial charge in [-0.15, -0.1) is 34.5 Å². The van der Waals surface area contributed by atoms with E-state index in [1.165, 1.54) is 0 Å². The van der Waals surface area contributed by atoms with Crippen molar-refractivity contribution in [1.29, 1.82) is 0 Å². The molecule has 0 saturated heterocycles. The summed E-state index contributed by atoms with van der Waals surface area (Å²) in [5.41, 5.74) is 1.77. The van der Waals surface area contributed by atoms with E-state index in [0.717, 1.165) is 27.8 Å². The Balaban J connectivity index is 1.70. The van der Waals surface area contributed by atoms with Gasteiger partial charge in [0.15, 0.2) is 4.34 Å². The lowest BCUT2D eigenvalue weighted by atomic mass is 10.2. The molecule has 1 unspecified atom stereocenters. The molecule has 0 bridgehead atoms. The number of thioether (sulfide) groups is 1. The molecule has 1 aliphatic rings. The van der Waals surface area contributed by atoms with Crippen LogP contribution >= 0.6 is 69.5 Å². The van der Waals surface area contributed by atoms with Gasteiger partial charge in [0, 0.05) is 27.6 Å². The molecule has 1 aliphatic carbocycles. The number of hydrogen-bond acceptors (Lipinski definition) is 3. The molecular formula is C13H9Cl4NS2. The highest BCUT2D eigenvalue weighted by molar-refractivity contribution is 8.01. The summed E-state index contributed by atoms with van der Waals surface area (Å²) in [6.45, 7) is 0. The van der Waals surface area contributed by atoms with E-state index in [-0.39, 0.29) is 0 Å². The second-order valence-corrected chi connectivity index (χ2v) is 9.11. The number of aromatic nitrogens is 1. The molecule has 1 heterocycles. The molecule has 2 aromatic rings. The van der Waals surface area contributed by atoms with Gasteiger partial charge in [0.05, 0.1) is 10.7 Å². The quantitative estimate of drug-likeness (QED) is 0.446. The average Bonchev–Trinajstić information content (AvgIpc) is 2.79. The maximum absolute atomic E-state index is 6.19. The van der Waals surface area contributed by atoms with E-state index in [1.54, 1.807) is 29.2 Å². The van der Waals surface area contributed by atoms with Gasteiger partial charge in [-0.25, -0.2) is 4.98 Å². The maximum atomic E-state index is 6.19. The third kappa shape index (κ3) is 3.40. The Morgan fingerprint density at radius 2 is 2.10 bits per heavy atom. The number of hydrogen-bond donors (Lipinski definition) is 0. The molecule has 1 aromatic heterocycles. The van der Waals surface area contributed by atoms with Gasteiger partial charge in [-0.3, -0.25) is 0 Å². The van der Waals surface area contributed by atoms with Crippen LogP contribution in [-0.2, 0) is 0 Å². The van der Waals surface area contributed by atoms with Gasteiger partial charge < -0.3 is 0 Å². The molecule has 106 valence electrons. The first-order valence-electron chi connectivity index (χ1n) is 5.87. The Hall–Kier alpha value is 0.360. The largest absolute Gasteiger partial charge is 0.230 e. The van der Waals surface area contributed by atoms with E-state index in [9.17, 15) is 0 Å². The van der Waals surface area contributed by atoms with Gasteiger partial charge in [0.1, 0.15) is 4.33 Å². The first kappa shape index (κ1) is 15.3. The van der Waals surface area contributed by atoms with Crippen molar-refractivity contribution in [2.24, 2.45) is 5.92 Å². The van der Waals surface area contributed by atoms with Gasteiger partial charge in [0.25, 0.3) is 0 Å². The molecule has 0 amide bonds. The van der Waals surface area contributed by atoms with Crippen LogP contribution in [0.4, 0.5) is 0 Å². The van der Waals surface area contributed by atoms with Gasteiger partial charge in [-0.05, 0) is 24.6 Å². The zero-order chi connectivity index (χ0) is 14.3. The SMILES string of the molecule is Clc1ccc(-c2csc(SCC3CC3(Cl)Cl)n2)c(Cl)c1. The molecule has 1 saturated carbocycles. The van der Waals surface area contributed by atoms with E-state index in [0.29, 0.717) is 16.0 Å². The molecule has 0 spiro atoms. The topological polar surface area (TPSA) is 12.9 Å². The van der Waals surface area contributed by atoms with E-state index >= 15 is 0 Å². The van der Waals surface area contributed by atoms with Crippen molar-refractivity contribution in [3.05, 3.63) is 33.6 Å². The number of nitrogens with zero attached hydrogens (tertiary/aromatic N) is 1. The third-order valence-electron chi connectivity index (χ3n) is 3.05. The predicted octanol–water partition coefficient (Wildman–Crippen LogP) is 6.40. The van der Waals surface area contributed by atoms with Crippen molar-refractivity contribution in [3.8, 4) is 11.3 Å². The normalized spacial score (nSPS) is 20.1. The van der Waals surface area contributed by atoms with Gasteiger partial charge in [-0.1, -0.05) is 35.0 Å². The fraction of sp³-hybridized carbons (Fsp3) is 0.308. The Morgan fingerprint density at radius 3 is 2.75 bits per heavy atom. The lowest BCUT2D eigenvalue weighted by molar-refractivity contribution is 0.978. The van der Waals surface area contributed by atoms with Gasteiger partial charge in [0.2, 0.25) is 0 Å². The van der Waals surface area contributed by atoms with Crippen LogP contribution < -0.4 is 0 Å². The number of rotatable bonds is 4. The minimum Gasteiger partial charge on any atom is -0.230 e. The highest BCUT2D eigenvalue weighted by Gasteiger charge is 2.51. The van der Waals surface area contributed by atoms with Crippen molar-refractivity contribution in [1.82, 2.24) is 4.98 Å². The van der Waals surface area contributed by atoms with Crippen molar-refractivity contribution >= 4 is 69.5 Å². The minimum atomic E-state index is -0.521. The van der Waals surface area contributed by atoms with E-state index in [1.807, 2.05) is 17.5 Å². The molecule has 1 aromatic carbocycles. The van der Waals surface area contributed by atoms with Crippen LogP contribution in [0, 0.1) is 5.92 Å². The summed E-state index contributed by atoms with van der Waals surface area (Å²) < 4.78 is 0.481. The molecule has 1 fully saturated rings. The summed E-state index contributed by atoms with van der Waals surface area (Å²) in [5, 5.41) is 3.24. The average molecular weight is 385 g/mol. The monoisotopic (exact) mass is 383 g/mol. The van der Waals surface area contributed by atoms with Crippen LogP contribution in [0.1, 0.15) is 6.42 Å². The Labute approximate surface area is 145 Å². The lowest BCUT2D eigenvalue weighted by Gasteiger charge is -2.01. The fourth-order valence-corrected chi connectivity index (χ4v) is 5.05. The first-order valence-corrected chi connectivity index (χ1v) is 9.25. The van der Waals surface area contributed by atoms with Crippen LogP contribution in [0.5, 0.6) is 0 Å². The summed E-state index contributed by atoms with van der Waals surface area (Å²) in [4.78, 5) is 4.59. The predicted molar refractivity (Wildman–Crippen MR) is 90.8 cm³/mol. The number of benzene rings is 1. The molecule has 0 radical (unpaired) electrons. The van der Waals surface area contributed by atoms with Crippen LogP contribution in [-0.4, -0.2) is 15.1 Å². The Kier molecular flexibility index (Phi) is 4.48. The smallest absolute Gasteiger partial charge is 0.150 e. The standard InChI is InChI=1S/C13H9Cl4NS2/c14-8-1-2-9(10(15)3-8)11-6-20-12(18-11)19-5-7-4-13(7,16)17/h1-3,6-7H,4-5H2. The second-order valence-electron chi connectivity index (χ2n) is 4.60. The van der Waals surface area contributed by atoms with Crippen molar-refractivity contribution in [2.75, 3.05) is 5.75 Å². The first-order chi connectivity index (χ1) is 9.45. The van der Waals surface area contributed by atoms with Gasteiger partial charge >= 0.3 is 0 Å². The number of halogens is 4. The molecular weight excluding hydrogens is 376 g/mol. The fourth-order valence-electron chi connectivity index (χ4n) is 1.77. The number of thiazole rings is 1. The summed E-state index contributed by atoms with van der Waals surface area (Å²) >= 11 is 27.4. The second kappa shape index (κ2) is 5.86. The van der Waals surface area contributed by atoms with Crippen LogP contribution in [0.25, 0.3) is 11.3 Å². The summed E-state index contributed by atoms with van der Waals surface area (Å²) in [6.07, 6.45) is 0.865. The van der Waals surface area contributed by atoms with Crippen LogP contribution in [0.3, 0.4) is 0 Å². The molecule has 1 atom stereocenters. The molecule has 0 N–H and O–H groups in total. The molecule has 3 rings (SSSR count).